The maximum absolute atomic E-state index is 11.1. The maximum atomic E-state index is 11.1. The molecule has 0 aliphatic carbocycles. The number of benzene rings is 2. The van der Waals surface area contributed by atoms with Gasteiger partial charge in [-0.1, -0.05) is 6.07 Å². The zero-order chi connectivity index (χ0) is 22.3. The summed E-state index contributed by atoms with van der Waals surface area (Å²) in [6.45, 7) is 0. The van der Waals surface area contributed by atoms with E-state index in [2.05, 4.69) is 0 Å². The van der Waals surface area contributed by atoms with E-state index in [1.807, 2.05) is 5.43 Å². The minimum atomic E-state index is -1.46. The van der Waals surface area contributed by atoms with Gasteiger partial charge < -0.3 is 5.11 Å². The van der Waals surface area contributed by atoms with Crippen LogP contribution in [0.3, 0.4) is 0 Å². The number of carbonyl (C=O) groups is 1. The Morgan fingerprint density at radius 2 is 1.28 bits per heavy atom. The van der Waals surface area contributed by atoms with E-state index >= 15 is 0 Å². The van der Waals surface area contributed by atoms with Crippen LogP contribution in [0.5, 0.6) is 5.75 Å². The molecule has 2 aromatic carbocycles. The summed E-state index contributed by atoms with van der Waals surface area (Å²) < 4.78 is 0. The van der Waals surface area contributed by atoms with Crippen LogP contribution in [-0.4, -0.2) is 25.6 Å². The van der Waals surface area contributed by atoms with E-state index in [1.165, 1.54) is 18.2 Å². The predicted octanol–water partition coefficient (Wildman–Crippen LogP) is 0.683. The quantitative estimate of drug-likeness (QED) is 0.300. The molecule has 0 bridgehead atoms. The molecule has 152 valence electrons. The molecular formula is C13H9N6O10-. The van der Waals surface area contributed by atoms with E-state index in [-0.39, 0.29) is 11.3 Å². The van der Waals surface area contributed by atoms with Gasteiger partial charge in [-0.05, 0) is 6.07 Å². The number of carbonyl (C=O) groups excluding carboxylic acids is 1. The Labute approximate surface area is 158 Å². The molecule has 0 spiro atoms. The molecule has 0 saturated heterocycles. The number of nitro benzene ring substituents is 4. The number of hydrazine groups is 1. The van der Waals surface area contributed by atoms with Gasteiger partial charge in [0.05, 0.1) is 37.6 Å². The Morgan fingerprint density at radius 1 is 0.793 bits per heavy atom. The van der Waals surface area contributed by atoms with E-state index in [9.17, 15) is 50.4 Å². The molecule has 16 nitrogen and oxygen atoms in total. The third kappa shape index (κ3) is 5.62. The summed E-state index contributed by atoms with van der Waals surface area (Å²) in [5.74, 6) is 2.85. The number of nitro groups is 4. The molecule has 2 rings (SSSR count). The van der Waals surface area contributed by atoms with Crippen molar-refractivity contribution < 1.29 is 29.6 Å². The second kappa shape index (κ2) is 9.28. The van der Waals surface area contributed by atoms with Crippen LogP contribution in [0.15, 0.2) is 36.4 Å². The van der Waals surface area contributed by atoms with Crippen molar-refractivity contribution in [2.75, 3.05) is 0 Å². The summed E-state index contributed by atoms with van der Waals surface area (Å²) in [6.07, 6.45) is 0. The van der Waals surface area contributed by atoms with Crippen molar-refractivity contribution in [3.63, 3.8) is 0 Å². The summed E-state index contributed by atoms with van der Waals surface area (Å²) in [5, 5.41) is 52.4. The normalized spacial score (nSPS) is 9.55. The van der Waals surface area contributed by atoms with E-state index in [0.29, 0.717) is 12.1 Å². The van der Waals surface area contributed by atoms with Crippen molar-refractivity contribution in [2.45, 2.75) is 0 Å². The third-order valence-corrected chi connectivity index (χ3v) is 3.09. The lowest BCUT2D eigenvalue weighted by molar-refractivity contribution is -0.420. The first-order chi connectivity index (χ1) is 13.5. The molecule has 2 aromatic rings. The Hall–Kier alpha value is -4.73. The highest BCUT2D eigenvalue weighted by Crippen LogP contribution is 2.36. The number of hydrogen-bond donors (Lipinski definition) is 2. The lowest BCUT2D eigenvalue weighted by Crippen LogP contribution is -2.29. The molecule has 29 heavy (non-hydrogen) atoms. The van der Waals surface area contributed by atoms with Gasteiger partial charge in [0.2, 0.25) is 0 Å². The fraction of sp³-hybridized carbons (Fsp3) is 0. The van der Waals surface area contributed by atoms with Crippen molar-refractivity contribution >= 4 is 28.7 Å². The average Bonchev–Trinajstić information content (AvgIpc) is 2.67. The molecule has 0 heterocycles. The fourth-order valence-electron chi connectivity index (χ4n) is 1.80. The topological polar surface area (TPSA) is 251 Å². The number of rotatable bonds is 5. The van der Waals surface area contributed by atoms with Gasteiger partial charge in [-0.3, -0.25) is 50.7 Å². The zero-order valence-electron chi connectivity index (χ0n) is 13.9. The maximum Gasteiger partial charge on any atom is 0.283 e. The van der Waals surface area contributed by atoms with Gasteiger partial charge in [0.25, 0.3) is 28.7 Å². The number of non-ortho nitro benzene ring substituents is 2. The highest BCUT2D eigenvalue weighted by atomic mass is 16.6. The fourth-order valence-corrected chi connectivity index (χ4v) is 1.80. The molecule has 0 unspecified atom stereocenters. The smallest absolute Gasteiger partial charge is 0.283 e. The van der Waals surface area contributed by atoms with Gasteiger partial charge in [0, 0.05) is 17.7 Å². The third-order valence-electron chi connectivity index (χ3n) is 3.09. The molecule has 0 atom stereocenters. The monoisotopic (exact) mass is 409 g/mol. The summed E-state index contributed by atoms with van der Waals surface area (Å²) >= 11 is 0. The van der Waals surface area contributed by atoms with Crippen LogP contribution in [-0.2, 0) is 0 Å². The minimum Gasteiger partial charge on any atom is -0.863 e. The van der Waals surface area contributed by atoms with Crippen LogP contribution >= 0.6 is 0 Å². The van der Waals surface area contributed by atoms with Crippen molar-refractivity contribution in [2.24, 2.45) is 5.84 Å². The zero-order valence-corrected chi connectivity index (χ0v) is 13.9. The van der Waals surface area contributed by atoms with Gasteiger partial charge in [-0.25, -0.2) is 5.84 Å². The van der Waals surface area contributed by atoms with Crippen molar-refractivity contribution in [1.82, 2.24) is 5.43 Å². The van der Waals surface area contributed by atoms with Crippen LogP contribution < -0.4 is 16.4 Å². The molecular weight excluding hydrogens is 400 g/mol. The molecule has 3 N–H and O–H groups in total. The number of nitrogens with one attached hydrogen (secondary N) is 1. The number of hydrogen-bond acceptors (Lipinski definition) is 11. The molecule has 0 radical (unpaired) electrons. The van der Waals surface area contributed by atoms with E-state index in [0.717, 1.165) is 6.07 Å². The summed E-state index contributed by atoms with van der Waals surface area (Å²) in [7, 11) is 0. The molecule has 0 saturated carbocycles. The first kappa shape index (κ1) is 22.3. The average molecular weight is 409 g/mol. The van der Waals surface area contributed by atoms with Gasteiger partial charge in [-0.2, -0.15) is 0 Å². The number of nitrogen functional groups attached to an aromatic ring is 1. The van der Waals surface area contributed by atoms with Crippen LogP contribution in [0, 0.1) is 40.5 Å². The van der Waals surface area contributed by atoms with Crippen LogP contribution in [0.25, 0.3) is 0 Å². The Bertz CT molecular complexity index is 972. The Morgan fingerprint density at radius 3 is 1.66 bits per heavy atom. The summed E-state index contributed by atoms with van der Waals surface area (Å²) in [6, 6.07) is 6.08. The molecule has 0 fully saturated rings. The van der Waals surface area contributed by atoms with Gasteiger partial charge in [-0.15, -0.1) is 0 Å². The molecule has 0 aromatic heterocycles. The van der Waals surface area contributed by atoms with Gasteiger partial charge in [0.1, 0.15) is 0 Å². The van der Waals surface area contributed by atoms with E-state index in [4.69, 9.17) is 5.84 Å². The molecule has 0 aliphatic rings. The van der Waals surface area contributed by atoms with Crippen LogP contribution in [0.2, 0.25) is 0 Å². The van der Waals surface area contributed by atoms with Gasteiger partial charge in [0.15, 0.2) is 0 Å². The van der Waals surface area contributed by atoms with E-state index < -0.39 is 48.4 Å². The lowest BCUT2D eigenvalue weighted by atomic mass is 10.2. The minimum absolute atomic E-state index is 0.138. The lowest BCUT2D eigenvalue weighted by Gasteiger charge is -2.06. The number of amides is 1. The Kier molecular flexibility index (Phi) is 7.14. The van der Waals surface area contributed by atoms with E-state index in [1.54, 1.807) is 0 Å². The van der Waals surface area contributed by atoms with Crippen molar-refractivity contribution in [3.8, 4) is 5.75 Å². The second-order valence-corrected chi connectivity index (χ2v) is 4.87. The first-order valence-electron chi connectivity index (χ1n) is 7.03. The van der Waals surface area contributed by atoms with Crippen molar-refractivity contribution in [1.29, 1.82) is 0 Å². The highest BCUT2D eigenvalue weighted by Gasteiger charge is 2.24. The summed E-state index contributed by atoms with van der Waals surface area (Å²) in [4.78, 5) is 48.2. The number of nitrogens with two attached hydrogens (primary N) is 1. The first-order valence-corrected chi connectivity index (χ1v) is 7.03. The van der Waals surface area contributed by atoms with Crippen LogP contribution in [0.4, 0.5) is 22.7 Å². The van der Waals surface area contributed by atoms with Crippen LogP contribution in [0.1, 0.15) is 10.4 Å². The predicted molar refractivity (Wildman–Crippen MR) is 90.6 cm³/mol. The molecule has 1 amide bonds. The summed E-state index contributed by atoms with van der Waals surface area (Å²) in [5.41, 5.74) is -1.35. The second-order valence-electron chi connectivity index (χ2n) is 4.87. The Balaban J connectivity index is 0.000000296. The number of nitrogens with zero attached hydrogens (tertiary/aromatic N) is 4. The SMILES string of the molecule is NNC(=O)c1cccc([N+](=O)[O-])c1.O=[N+]([O-])c1cc([N+](=O)[O-])c([O-])c([N+](=O)[O-])c1. The largest absolute Gasteiger partial charge is 0.863 e. The highest BCUT2D eigenvalue weighted by molar-refractivity contribution is 5.94. The molecule has 0 aliphatic heterocycles. The van der Waals surface area contributed by atoms with Gasteiger partial charge >= 0.3 is 0 Å². The molecule has 16 heteroatoms. The standard InChI is InChI=1S/C7H7N3O3.C6H3N3O7/c8-9-7(11)5-2-1-3-6(4-5)10(12)13;10-6-4(8(13)14)1-3(7(11)12)2-5(6)9(15)16/h1-4H,8H2,(H,9,11);1-2,10H/p-1. The van der Waals surface area contributed by atoms with Crippen molar-refractivity contribution in [3.05, 3.63) is 82.4 Å².